The van der Waals surface area contributed by atoms with E-state index in [-0.39, 0.29) is 0 Å². The maximum absolute atomic E-state index is 11.6. The van der Waals surface area contributed by atoms with Crippen LogP contribution in [0.15, 0.2) is 11.8 Å². The third-order valence-electron chi connectivity index (χ3n) is 0.756. The Balaban J connectivity index is 4.80. The summed E-state index contributed by atoms with van der Waals surface area (Å²) in [5.41, 5.74) is -1.92. The molecule has 0 bridgehead atoms. The van der Waals surface area contributed by atoms with Gasteiger partial charge in [0.15, 0.2) is 5.70 Å². The van der Waals surface area contributed by atoms with Gasteiger partial charge in [0.05, 0.1) is 22.9 Å². The molecule has 0 amide bonds. The van der Waals surface area contributed by atoms with Crippen molar-refractivity contribution >= 4 is 22.9 Å². The van der Waals surface area contributed by atoms with Crippen molar-refractivity contribution in [3.63, 3.8) is 0 Å². The number of nitrogens with zero attached hydrogens (tertiary/aromatic N) is 1. The molecule has 0 rings (SSSR count). The quantitative estimate of drug-likeness (QED) is 0.407. The third-order valence-corrected chi connectivity index (χ3v) is 1.24. The zero-order chi connectivity index (χ0) is 9.23. The van der Waals surface area contributed by atoms with Gasteiger partial charge in [0.2, 0.25) is 0 Å². The molecular weight excluding hydrogens is 284 g/mol. The van der Waals surface area contributed by atoms with Gasteiger partial charge in [-0.25, -0.2) is 0 Å². The largest absolute Gasteiger partial charge is 0.437 e. The summed E-state index contributed by atoms with van der Waals surface area (Å²) in [6.45, 7) is 0. The van der Waals surface area contributed by atoms with Crippen LogP contribution in [0.4, 0.5) is 22.0 Å². The van der Waals surface area contributed by atoms with Crippen LogP contribution >= 0.6 is 22.9 Å². The molecule has 0 aromatic heterocycles. The molecule has 0 heterocycles. The maximum Gasteiger partial charge on any atom is 0.437 e. The lowest BCUT2D eigenvalue weighted by Gasteiger charge is -2.15. The topological polar surface area (TPSA) is 3.24 Å². The number of alkyl halides is 3. The zero-order valence-corrected chi connectivity index (χ0v) is 7.37. The van der Waals surface area contributed by atoms with Gasteiger partial charge >= 0.3 is 6.18 Å². The highest BCUT2D eigenvalue weighted by molar-refractivity contribution is 14.1. The summed E-state index contributed by atoms with van der Waals surface area (Å²) in [5.74, 6) is 0. The number of rotatable bonds is 1. The van der Waals surface area contributed by atoms with Crippen LogP contribution in [0.5, 0.6) is 0 Å². The van der Waals surface area contributed by atoms with Crippen molar-refractivity contribution in [1.82, 2.24) is 3.11 Å². The van der Waals surface area contributed by atoms with Crippen molar-refractivity contribution in [2.75, 3.05) is 7.05 Å². The Labute approximate surface area is 73.4 Å². The highest BCUT2D eigenvalue weighted by Crippen LogP contribution is 2.32. The van der Waals surface area contributed by atoms with Crippen LogP contribution in [0.1, 0.15) is 0 Å². The van der Waals surface area contributed by atoms with E-state index < -0.39 is 18.0 Å². The Morgan fingerprint density at radius 2 is 1.64 bits per heavy atom. The fourth-order valence-electron chi connectivity index (χ4n) is 0.398. The number of hydrogen-bond donors (Lipinski definition) is 0. The first-order valence-corrected chi connectivity index (χ1v) is 3.25. The van der Waals surface area contributed by atoms with Gasteiger partial charge in [-0.3, -0.25) is 0 Å². The molecule has 0 saturated carbocycles. The summed E-state index contributed by atoms with van der Waals surface area (Å²) in [4.78, 5) is 0. The molecule has 11 heavy (non-hydrogen) atoms. The predicted molar refractivity (Wildman–Crippen MR) is 37.1 cm³/mol. The highest BCUT2D eigenvalue weighted by Gasteiger charge is 2.40. The van der Waals surface area contributed by atoms with E-state index in [9.17, 15) is 22.0 Å². The van der Waals surface area contributed by atoms with Crippen LogP contribution < -0.4 is 0 Å². The average Bonchev–Trinajstić information content (AvgIpc) is 1.54. The van der Waals surface area contributed by atoms with Crippen molar-refractivity contribution in [2.24, 2.45) is 0 Å². The van der Waals surface area contributed by atoms with E-state index in [1.807, 2.05) is 0 Å². The fourth-order valence-corrected chi connectivity index (χ4v) is 0.854. The molecule has 0 atom stereocenters. The second-order valence-electron chi connectivity index (χ2n) is 1.58. The van der Waals surface area contributed by atoms with E-state index >= 15 is 0 Å². The molecule has 0 aliphatic rings. The SMILES string of the molecule is CN(I)C(=C(F)F)C(F)(F)F. The third kappa shape index (κ3) is 3.21. The van der Waals surface area contributed by atoms with Gasteiger partial charge < -0.3 is 3.11 Å². The molecule has 0 aromatic carbocycles. The minimum atomic E-state index is -4.99. The summed E-state index contributed by atoms with van der Waals surface area (Å²) in [5, 5.41) is 0. The van der Waals surface area contributed by atoms with E-state index in [1.54, 1.807) is 0 Å². The Morgan fingerprint density at radius 1 is 1.27 bits per heavy atom. The van der Waals surface area contributed by atoms with Crippen molar-refractivity contribution < 1.29 is 22.0 Å². The van der Waals surface area contributed by atoms with Crippen LogP contribution in [0, 0.1) is 0 Å². The van der Waals surface area contributed by atoms with Gasteiger partial charge in [-0.2, -0.15) is 22.0 Å². The average molecular weight is 287 g/mol. The molecule has 0 unspecified atom stereocenters. The second-order valence-corrected chi connectivity index (χ2v) is 3.03. The molecule has 0 spiro atoms. The first-order chi connectivity index (χ1) is 4.76. The smallest absolute Gasteiger partial charge is 0.309 e. The summed E-state index contributed by atoms with van der Waals surface area (Å²) >= 11 is 1.12. The van der Waals surface area contributed by atoms with Crippen molar-refractivity contribution in [2.45, 2.75) is 6.18 Å². The summed E-state index contributed by atoms with van der Waals surface area (Å²) in [6.07, 6.45) is -7.72. The molecule has 7 heteroatoms. The lowest BCUT2D eigenvalue weighted by atomic mass is 10.5. The molecule has 0 aromatic rings. The highest BCUT2D eigenvalue weighted by atomic mass is 127. The monoisotopic (exact) mass is 287 g/mol. The molecular formula is C4H3F5IN. The fraction of sp³-hybridized carbons (Fsp3) is 0.500. The second kappa shape index (κ2) is 3.55. The van der Waals surface area contributed by atoms with Gasteiger partial charge in [0.1, 0.15) is 0 Å². The van der Waals surface area contributed by atoms with Crippen LogP contribution in [0.25, 0.3) is 0 Å². The number of hydrogen-bond acceptors (Lipinski definition) is 1. The lowest BCUT2D eigenvalue weighted by Crippen LogP contribution is -2.22. The van der Waals surface area contributed by atoms with Gasteiger partial charge in [-0.15, -0.1) is 0 Å². The van der Waals surface area contributed by atoms with Gasteiger partial charge in [-0.05, 0) is 0 Å². The van der Waals surface area contributed by atoms with Crippen molar-refractivity contribution in [3.05, 3.63) is 11.8 Å². The molecule has 1 nitrogen and oxygen atoms in total. The van der Waals surface area contributed by atoms with E-state index in [0.29, 0.717) is 3.11 Å². The van der Waals surface area contributed by atoms with Gasteiger partial charge in [-0.1, -0.05) is 0 Å². The minimum Gasteiger partial charge on any atom is -0.309 e. The standard InChI is InChI=1S/C4H3F5IN/c1-11(10)2(3(5)6)4(7,8)9/h1H3. The van der Waals surface area contributed by atoms with Crippen molar-refractivity contribution in [3.8, 4) is 0 Å². The molecule has 0 fully saturated rings. The lowest BCUT2D eigenvalue weighted by molar-refractivity contribution is -0.105. The molecule has 66 valence electrons. The molecule has 0 N–H and O–H groups in total. The Hall–Kier alpha value is -0.0800. The minimum absolute atomic E-state index is 0.299. The van der Waals surface area contributed by atoms with E-state index in [1.165, 1.54) is 0 Å². The van der Waals surface area contributed by atoms with Crippen LogP contribution in [-0.4, -0.2) is 16.3 Å². The first-order valence-electron chi connectivity index (χ1n) is 2.28. The molecule has 0 aliphatic carbocycles. The Morgan fingerprint density at radius 3 is 1.64 bits per heavy atom. The Kier molecular flexibility index (Phi) is 3.52. The maximum atomic E-state index is 11.6. The van der Waals surface area contributed by atoms with Gasteiger partial charge in [0.25, 0.3) is 6.08 Å². The van der Waals surface area contributed by atoms with Crippen molar-refractivity contribution in [1.29, 1.82) is 0 Å². The summed E-state index contributed by atoms with van der Waals surface area (Å²) < 4.78 is 58.3. The van der Waals surface area contributed by atoms with E-state index in [2.05, 4.69) is 0 Å². The van der Waals surface area contributed by atoms with E-state index in [0.717, 1.165) is 29.9 Å². The number of allylic oxidation sites excluding steroid dienone is 1. The Bertz CT molecular complexity index is 168. The first kappa shape index (κ1) is 10.9. The van der Waals surface area contributed by atoms with E-state index in [4.69, 9.17) is 0 Å². The van der Waals surface area contributed by atoms with Crippen LogP contribution in [-0.2, 0) is 0 Å². The molecule has 0 radical (unpaired) electrons. The molecule has 0 saturated heterocycles. The summed E-state index contributed by atoms with van der Waals surface area (Å²) in [6, 6.07) is 0. The predicted octanol–water partition coefficient (Wildman–Crippen LogP) is 2.94. The number of halogens is 6. The zero-order valence-electron chi connectivity index (χ0n) is 5.22. The normalized spacial score (nSPS) is 11.2. The van der Waals surface area contributed by atoms with Gasteiger partial charge in [0, 0.05) is 7.05 Å². The van der Waals surface area contributed by atoms with Crippen LogP contribution in [0.3, 0.4) is 0 Å². The van der Waals surface area contributed by atoms with Crippen LogP contribution in [0.2, 0.25) is 0 Å². The molecule has 0 aliphatic heterocycles. The summed E-state index contributed by atoms with van der Waals surface area (Å²) in [7, 11) is 0.891.